The second-order valence-corrected chi connectivity index (χ2v) is 3.93. The van der Waals surface area contributed by atoms with Gasteiger partial charge in [0.15, 0.2) is 0 Å². The van der Waals surface area contributed by atoms with Gasteiger partial charge in [-0.2, -0.15) is 0 Å². The summed E-state index contributed by atoms with van der Waals surface area (Å²) in [6, 6.07) is 5.28. The van der Waals surface area contributed by atoms with Gasteiger partial charge in [0.25, 0.3) is 0 Å². The average molecular weight is 262 g/mol. The summed E-state index contributed by atoms with van der Waals surface area (Å²) in [7, 11) is 0. The lowest BCUT2D eigenvalue weighted by atomic mass is 10.1. The van der Waals surface area contributed by atoms with Crippen LogP contribution >= 0.6 is 12.4 Å². The van der Waals surface area contributed by atoms with Crippen molar-refractivity contribution in [1.29, 1.82) is 0 Å². The van der Waals surface area contributed by atoms with Crippen LogP contribution in [0.2, 0.25) is 0 Å². The normalized spacial score (nSPS) is 11.8. The molecule has 0 heterocycles. The predicted octanol–water partition coefficient (Wildman–Crippen LogP) is 2.07. The van der Waals surface area contributed by atoms with E-state index in [1.807, 2.05) is 0 Å². The van der Waals surface area contributed by atoms with Crippen LogP contribution in [0.3, 0.4) is 0 Å². The Balaban J connectivity index is 0.00000256. The maximum Gasteiger partial charge on any atom is 0.323 e. The molecule has 0 spiro atoms. The van der Waals surface area contributed by atoms with E-state index in [2.05, 4.69) is 0 Å². The molecule has 2 N–H and O–H groups in total. The van der Waals surface area contributed by atoms with E-state index in [-0.39, 0.29) is 30.7 Å². The highest BCUT2D eigenvalue weighted by Gasteiger charge is 2.16. The maximum absolute atomic E-state index is 12.9. The Kier molecular flexibility index (Phi) is 6.76. The van der Waals surface area contributed by atoms with Gasteiger partial charge in [-0.25, -0.2) is 4.39 Å². The summed E-state index contributed by atoms with van der Waals surface area (Å²) in [4.78, 5) is 11.4. The molecule has 96 valence electrons. The van der Waals surface area contributed by atoms with Gasteiger partial charge in [-0.05, 0) is 38.0 Å². The number of esters is 1. The van der Waals surface area contributed by atoms with Crippen LogP contribution in [0.25, 0.3) is 0 Å². The van der Waals surface area contributed by atoms with Gasteiger partial charge in [0.1, 0.15) is 11.9 Å². The number of rotatable bonds is 4. The number of halogens is 2. The minimum absolute atomic E-state index is 0. The molecule has 0 radical (unpaired) electrons. The van der Waals surface area contributed by atoms with E-state index in [4.69, 9.17) is 10.5 Å². The van der Waals surface area contributed by atoms with Crippen molar-refractivity contribution in [2.24, 2.45) is 5.73 Å². The number of nitrogens with two attached hydrogens (primary N) is 1. The largest absolute Gasteiger partial charge is 0.462 e. The predicted molar refractivity (Wildman–Crippen MR) is 66.6 cm³/mol. The number of benzene rings is 1. The Morgan fingerprint density at radius 1 is 1.47 bits per heavy atom. The van der Waals surface area contributed by atoms with Crippen molar-refractivity contribution in [3.05, 3.63) is 35.6 Å². The first-order valence-corrected chi connectivity index (χ1v) is 5.19. The van der Waals surface area contributed by atoms with Crippen LogP contribution in [0, 0.1) is 5.82 Å². The quantitative estimate of drug-likeness (QED) is 0.845. The SMILES string of the molecule is CC(C)OC(=O)C(N)Cc1cccc(F)c1.Cl. The molecule has 0 saturated carbocycles. The number of ether oxygens (including phenoxy) is 1. The van der Waals surface area contributed by atoms with Gasteiger partial charge in [0.2, 0.25) is 0 Å². The number of carbonyl (C=O) groups is 1. The molecule has 5 heteroatoms. The van der Waals surface area contributed by atoms with Crippen LogP contribution in [-0.4, -0.2) is 18.1 Å². The van der Waals surface area contributed by atoms with Crippen molar-refractivity contribution in [3.63, 3.8) is 0 Å². The first-order valence-electron chi connectivity index (χ1n) is 5.19. The van der Waals surface area contributed by atoms with Crippen LogP contribution < -0.4 is 5.73 Å². The minimum atomic E-state index is -0.746. The molecule has 0 bridgehead atoms. The molecule has 3 nitrogen and oxygen atoms in total. The van der Waals surface area contributed by atoms with E-state index < -0.39 is 12.0 Å². The first-order chi connectivity index (χ1) is 7.49. The zero-order valence-corrected chi connectivity index (χ0v) is 10.7. The molecule has 0 aliphatic rings. The molecule has 0 aliphatic heterocycles. The molecule has 0 aliphatic carbocycles. The molecule has 0 saturated heterocycles. The van der Waals surface area contributed by atoms with Gasteiger partial charge in [-0.3, -0.25) is 4.79 Å². The molecule has 1 aromatic carbocycles. The van der Waals surface area contributed by atoms with E-state index in [9.17, 15) is 9.18 Å². The van der Waals surface area contributed by atoms with Crippen molar-refractivity contribution in [2.45, 2.75) is 32.4 Å². The van der Waals surface area contributed by atoms with E-state index in [0.29, 0.717) is 5.56 Å². The Hall–Kier alpha value is -1.13. The molecule has 1 rings (SSSR count). The second kappa shape index (κ2) is 7.25. The fraction of sp³-hybridized carbons (Fsp3) is 0.417. The zero-order valence-electron chi connectivity index (χ0n) is 9.85. The highest BCUT2D eigenvalue weighted by Crippen LogP contribution is 2.07. The summed E-state index contributed by atoms with van der Waals surface area (Å²) in [6.07, 6.45) is 0.0922. The Morgan fingerprint density at radius 3 is 2.65 bits per heavy atom. The Morgan fingerprint density at radius 2 is 2.12 bits per heavy atom. The number of hydrogen-bond acceptors (Lipinski definition) is 3. The van der Waals surface area contributed by atoms with E-state index in [1.165, 1.54) is 12.1 Å². The zero-order chi connectivity index (χ0) is 12.1. The third-order valence-electron chi connectivity index (χ3n) is 2.00. The van der Waals surface area contributed by atoms with Crippen LogP contribution in [0.15, 0.2) is 24.3 Å². The Bertz CT molecular complexity index is 371. The van der Waals surface area contributed by atoms with Gasteiger partial charge >= 0.3 is 5.97 Å². The minimum Gasteiger partial charge on any atom is -0.462 e. The van der Waals surface area contributed by atoms with Gasteiger partial charge in [0, 0.05) is 0 Å². The fourth-order valence-electron chi connectivity index (χ4n) is 1.32. The lowest BCUT2D eigenvalue weighted by Crippen LogP contribution is -2.35. The van der Waals surface area contributed by atoms with Crippen LogP contribution in [-0.2, 0) is 16.0 Å². The van der Waals surface area contributed by atoms with Crippen molar-refractivity contribution in [1.82, 2.24) is 0 Å². The summed E-state index contributed by atoms with van der Waals surface area (Å²) in [5.74, 6) is -0.791. The molecular weight excluding hydrogens is 245 g/mol. The number of hydrogen-bond donors (Lipinski definition) is 1. The smallest absolute Gasteiger partial charge is 0.323 e. The Labute approximate surface area is 107 Å². The lowest BCUT2D eigenvalue weighted by Gasteiger charge is -2.13. The summed E-state index contributed by atoms with van der Waals surface area (Å²) in [6.45, 7) is 3.51. The highest BCUT2D eigenvalue weighted by atomic mass is 35.5. The molecular formula is C12H17ClFNO2. The van der Waals surface area contributed by atoms with Crippen LogP contribution in [0.5, 0.6) is 0 Å². The topological polar surface area (TPSA) is 52.3 Å². The molecule has 0 aromatic heterocycles. The van der Waals surface area contributed by atoms with Gasteiger partial charge in [-0.1, -0.05) is 12.1 Å². The van der Waals surface area contributed by atoms with Crippen LogP contribution in [0.1, 0.15) is 19.4 Å². The standard InChI is InChI=1S/C12H16FNO2.ClH/c1-8(2)16-12(15)11(14)7-9-4-3-5-10(13)6-9;/h3-6,8,11H,7,14H2,1-2H3;1H. The van der Waals surface area contributed by atoms with Gasteiger partial charge in [-0.15, -0.1) is 12.4 Å². The summed E-state index contributed by atoms with van der Waals surface area (Å²) >= 11 is 0. The third-order valence-corrected chi connectivity index (χ3v) is 2.00. The monoisotopic (exact) mass is 261 g/mol. The number of carbonyl (C=O) groups excluding carboxylic acids is 1. The first kappa shape index (κ1) is 15.9. The lowest BCUT2D eigenvalue weighted by molar-refractivity contribution is -0.148. The second-order valence-electron chi connectivity index (χ2n) is 3.93. The van der Waals surface area contributed by atoms with E-state index in [1.54, 1.807) is 26.0 Å². The summed E-state index contributed by atoms with van der Waals surface area (Å²) in [5, 5.41) is 0. The maximum atomic E-state index is 12.9. The van der Waals surface area contributed by atoms with Crippen molar-refractivity contribution in [2.75, 3.05) is 0 Å². The van der Waals surface area contributed by atoms with E-state index in [0.717, 1.165) is 0 Å². The molecule has 1 aromatic rings. The van der Waals surface area contributed by atoms with Crippen molar-refractivity contribution < 1.29 is 13.9 Å². The molecule has 0 amide bonds. The fourth-order valence-corrected chi connectivity index (χ4v) is 1.32. The van der Waals surface area contributed by atoms with Gasteiger partial charge < -0.3 is 10.5 Å². The molecule has 17 heavy (non-hydrogen) atoms. The summed E-state index contributed by atoms with van der Waals surface area (Å²) in [5.41, 5.74) is 6.34. The third kappa shape index (κ3) is 5.65. The van der Waals surface area contributed by atoms with E-state index >= 15 is 0 Å². The van der Waals surface area contributed by atoms with Crippen LogP contribution in [0.4, 0.5) is 4.39 Å². The summed E-state index contributed by atoms with van der Waals surface area (Å²) < 4.78 is 17.8. The van der Waals surface area contributed by atoms with Crippen molar-refractivity contribution >= 4 is 18.4 Å². The molecule has 0 fully saturated rings. The molecule has 1 atom stereocenters. The average Bonchev–Trinajstić information content (AvgIpc) is 2.16. The van der Waals surface area contributed by atoms with Crippen molar-refractivity contribution in [3.8, 4) is 0 Å². The molecule has 1 unspecified atom stereocenters. The highest BCUT2D eigenvalue weighted by molar-refractivity contribution is 5.85. The van der Waals surface area contributed by atoms with Gasteiger partial charge in [0.05, 0.1) is 6.10 Å².